The minimum absolute atomic E-state index is 0.00277. The van der Waals surface area contributed by atoms with E-state index in [2.05, 4.69) is 27.8 Å². The molecular formula is C39H66N4O12. The lowest BCUT2D eigenvalue weighted by molar-refractivity contribution is -0.143. The topological polar surface area (TPSA) is 247 Å². The minimum atomic E-state index is -1.35. The van der Waals surface area contributed by atoms with Gasteiger partial charge < -0.3 is 46.1 Å². The highest BCUT2D eigenvalue weighted by atomic mass is 16.5. The van der Waals surface area contributed by atoms with Crippen LogP contribution in [0.1, 0.15) is 125 Å². The summed E-state index contributed by atoms with van der Waals surface area (Å²) in [4.78, 5) is 85.2. The van der Waals surface area contributed by atoms with E-state index in [0.29, 0.717) is 57.2 Å². The van der Waals surface area contributed by atoms with E-state index in [1.165, 1.54) is 0 Å². The molecule has 0 aromatic carbocycles. The van der Waals surface area contributed by atoms with Crippen LogP contribution in [0.3, 0.4) is 0 Å². The van der Waals surface area contributed by atoms with Gasteiger partial charge in [0.15, 0.2) is 0 Å². The number of rotatable bonds is 28. The monoisotopic (exact) mass is 782 g/mol. The van der Waals surface area contributed by atoms with Gasteiger partial charge in [0.2, 0.25) is 23.6 Å². The summed E-state index contributed by atoms with van der Waals surface area (Å²) in [5, 5.41) is 38.4. The molecule has 0 radical (unpaired) electrons. The highest BCUT2D eigenvalue weighted by Gasteiger charge is 2.31. The molecule has 0 aliphatic heterocycles. The average Bonchev–Trinajstić information content (AvgIpc) is 3.08. The Labute approximate surface area is 325 Å². The molecule has 16 heteroatoms. The zero-order valence-corrected chi connectivity index (χ0v) is 33.6. The van der Waals surface area contributed by atoms with Crippen molar-refractivity contribution in [2.24, 2.45) is 17.8 Å². The summed E-state index contributed by atoms with van der Waals surface area (Å²) in [5.41, 5.74) is -0.104. The molecule has 0 heterocycles. The smallest absolute Gasteiger partial charge is 0.326 e. The largest absolute Gasteiger partial charge is 0.481 e. The maximum absolute atomic E-state index is 13.0. The Balaban J connectivity index is 2.54. The maximum Gasteiger partial charge on any atom is 0.326 e. The Morgan fingerprint density at radius 2 is 1.38 bits per heavy atom. The van der Waals surface area contributed by atoms with Crippen LogP contribution in [0.2, 0.25) is 0 Å². The molecule has 7 N–H and O–H groups in total. The summed E-state index contributed by atoms with van der Waals surface area (Å²) >= 11 is 0. The zero-order valence-electron chi connectivity index (χ0n) is 33.6. The molecule has 0 saturated heterocycles. The van der Waals surface area contributed by atoms with Crippen LogP contribution in [0.4, 0.5) is 0 Å². The fraction of sp³-hybridized carbons (Fsp3) is 0.769. The molecule has 1 aliphatic carbocycles. The predicted molar refractivity (Wildman–Crippen MR) is 204 cm³/mol. The standard InChI is InChI=1S/C39H66N4O12/c1-8-38(4,5)54-19-17-39(6,7)55-20-18-40-36(51)29(14-16-33(46)47)42-31(44)15-13-30(37(52)53)43-35(50)28-11-9-27(10-12-28)24-41-32(45)22-25(2)21-26(3)23-34(48)49/h26-30H,2,8-24H2,1,3-7H3,(H,40,51)(H,41,45)(H,42,44)(H,43,50)(H,46,47)(H,48,49)(H,52,53)/t26?,27?,28?,29-,30-/m0/s1. The molecule has 55 heavy (non-hydrogen) atoms. The number of amides is 4. The van der Waals surface area contributed by atoms with Crippen molar-refractivity contribution in [3.8, 4) is 0 Å². The maximum atomic E-state index is 13.0. The van der Waals surface area contributed by atoms with Gasteiger partial charge in [-0.2, -0.15) is 0 Å². The Morgan fingerprint density at radius 1 is 0.764 bits per heavy atom. The van der Waals surface area contributed by atoms with Crippen molar-refractivity contribution in [3.63, 3.8) is 0 Å². The second-order valence-corrected chi connectivity index (χ2v) is 16.0. The van der Waals surface area contributed by atoms with E-state index in [4.69, 9.17) is 19.7 Å². The number of aliphatic carboxylic acids is 3. The highest BCUT2D eigenvalue weighted by Crippen LogP contribution is 2.29. The summed E-state index contributed by atoms with van der Waals surface area (Å²) in [6.45, 7) is 16.8. The molecule has 1 rings (SSSR count). The van der Waals surface area contributed by atoms with E-state index in [-0.39, 0.29) is 75.0 Å². The quantitative estimate of drug-likeness (QED) is 0.0445. The van der Waals surface area contributed by atoms with Crippen molar-refractivity contribution in [1.29, 1.82) is 0 Å². The third kappa shape index (κ3) is 22.2. The van der Waals surface area contributed by atoms with Gasteiger partial charge in [-0.1, -0.05) is 26.0 Å². The van der Waals surface area contributed by atoms with Gasteiger partial charge in [0.1, 0.15) is 12.1 Å². The van der Waals surface area contributed by atoms with E-state index < -0.39 is 59.2 Å². The molecule has 0 spiro atoms. The third-order valence-corrected chi connectivity index (χ3v) is 9.89. The number of carboxylic acids is 3. The van der Waals surface area contributed by atoms with Gasteiger partial charge in [0, 0.05) is 44.7 Å². The van der Waals surface area contributed by atoms with Gasteiger partial charge in [-0.25, -0.2) is 4.79 Å². The van der Waals surface area contributed by atoms with Crippen LogP contribution in [0.25, 0.3) is 0 Å². The Hall–Kier alpha value is -4.05. The van der Waals surface area contributed by atoms with Crippen LogP contribution < -0.4 is 21.3 Å². The molecule has 1 saturated carbocycles. The first-order valence-corrected chi connectivity index (χ1v) is 19.4. The van der Waals surface area contributed by atoms with Gasteiger partial charge in [-0.05, 0) is 97.3 Å². The second-order valence-electron chi connectivity index (χ2n) is 16.0. The van der Waals surface area contributed by atoms with E-state index in [0.717, 1.165) is 6.42 Å². The number of hydrogen-bond donors (Lipinski definition) is 7. The second kappa shape index (κ2) is 24.5. The fourth-order valence-electron chi connectivity index (χ4n) is 6.11. The van der Waals surface area contributed by atoms with Crippen molar-refractivity contribution in [2.45, 2.75) is 148 Å². The van der Waals surface area contributed by atoms with Crippen molar-refractivity contribution < 1.29 is 58.4 Å². The molecule has 4 amide bonds. The Morgan fingerprint density at radius 3 is 1.96 bits per heavy atom. The first kappa shape index (κ1) is 49.0. The Kier molecular flexibility index (Phi) is 21.8. The molecule has 1 unspecified atom stereocenters. The van der Waals surface area contributed by atoms with Crippen molar-refractivity contribution in [3.05, 3.63) is 12.2 Å². The van der Waals surface area contributed by atoms with E-state index in [1.807, 2.05) is 34.6 Å². The zero-order chi connectivity index (χ0) is 41.8. The van der Waals surface area contributed by atoms with Crippen LogP contribution in [0.15, 0.2) is 12.2 Å². The number of carboxylic acid groups (broad SMARTS) is 3. The SMILES string of the molecule is C=C(CC(=O)NCC1CCC(C(=O)N[C@@H](CCC(=O)N[C@@H](CCC(=O)O)C(=O)NCCOC(C)(C)CCOC(C)(C)CC)C(=O)O)CC1)CC(C)CC(=O)O. The summed E-state index contributed by atoms with van der Waals surface area (Å²) in [6, 6.07) is -2.53. The minimum Gasteiger partial charge on any atom is -0.481 e. The van der Waals surface area contributed by atoms with E-state index in [1.54, 1.807) is 6.92 Å². The molecule has 1 fully saturated rings. The summed E-state index contributed by atoms with van der Waals surface area (Å²) < 4.78 is 11.8. The van der Waals surface area contributed by atoms with Crippen molar-refractivity contribution in [2.75, 3.05) is 26.3 Å². The summed E-state index contributed by atoms with van der Waals surface area (Å²) in [5.74, 6) is -5.70. The molecule has 314 valence electrons. The summed E-state index contributed by atoms with van der Waals surface area (Å²) in [7, 11) is 0. The lowest BCUT2D eigenvalue weighted by Gasteiger charge is -2.29. The molecular weight excluding hydrogens is 716 g/mol. The normalized spacial score (nSPS) is 17.6. The van der Waals surface area contributed by atoms with Crippen LogP contribution in [-0.2, 0) is 43.0 Å². The molecule has 0 aromatic heterocycles. The van der Waals surface area contributed by atoms with Crippen LogP contribution in [0.5, 0.6) is 0 Å². The lowest BCUT2D eigenvalue weighted by atomic mass is 9.81. The van der Waals surface area contributed by atoms with Crippen molar-refractivity contribution >= 4 is 41.5 Å². The fourth-order valence-corrected chi connectivity index (χ4v) is 6.11. The van der Waals surface area contributed by atoms with E-state index in [9.17, 15) is 38.7 Å². The molecule has 3 atom stereocenters. The molecule has 0 aromatic rings. The lowest BCUT2D eigenvalue weighted by Crippen LogP contribution is -2.49. The summed E-state index contributed by atoms with van der Waals surface area (Å²) in [6.07, 6.45) is 3.17. The van der Waals surface area contributed by atoms with E-state index >= 15 is 0 Å². The average molecular weight is 783 g/mol. The number of nitrogens with one attached hydrogen (secondary N) is 4. The van der Waals surface area contributed by atoms with Crippen molar-refractivity contribution in [1.82, 2.24) is 21.3 Å². The number of carbonyl (C=O) groups excluding carboxylic acids is 4. The van der Waals surface area contributed by atoms with Gasteiger partial charge in [-0.3, -0.25) is 28.8 Å². The number of carbonyl (C=O) groups is 7. The first-order chi connectivity index (χ1) is 25.6. The van der Waals surface area contributed by atoms with Crippen LogP contribution in [-0.4, -0.2) is 106 Å². The number of ether oxygens (including phenoxy) is 2. The molecule has 0 bridgehead atoms. The third-order valence-electron chi connectivity index (χ3n) is 9.89. The Bertz CT molecular complexity index is 1310. The van der Waals surface area contributed by atoms with Gasteiger partial charge in [-0.15, -0.1) is 0 Å². The highest BCUT2D eigenvalue weighted by molar-refractivity contribution is 5.89. The van der Waals surface area contributed by atoms with Gasteiger partial charge >= 0.3 is 17.9 Å². The van der Waals surface area contributed by atoms with Crippen LogP contribution >= 0.6 is 0 Å². The molecule has 16 nitrogen and oxygen atoms in total. The molecule has 1 aliphatic rings. The first-order valence-electron chi connectivity index (χ1n) is 19.4. The van der Waals surface area contributed by atoms with Gasteiger partial charge in [0.25, 0.3) is 0 Å². The predicted octanol–water partition coefficient (Wildman–Crippen LogP) is 3.56. The number of hydrogen-bond acceptors (Lipinski definition) is 9. The van der Waals surface area contributed by atoms with Gasteiger partial charge in [0.05, 0.1) is 24.4 Å². The van der Waals surface area contributed by atoms with Crippen LogP contribution in [0, 0.1) is 17.8 Å².